The number of likely N-dealkylation sites (tertiary alicyclic amines) is 1. The highest BCUT2D eigenvalue weighted by molar-refractivity contribution is 6.36. The lowest BCUT2D eigenvalue weighted by Gasteiger charge is -2.24. The predicted octanol–water partition coefficient (Wildman–Crippen LogP) is 4.87. The van der Waals surface area contributed by atoms with Gasteiger partial charge in [0, 0.05) is 35.7 Å². The first-order chi connectivity index (χ1) is 13.8. The quantitative estimate of drug-likeness (QED) is 0.640. The Hall–Kier alpha value is -2.57. The molecule has 0 unspecified atom stereocenters. The van der Waals surface area contributed by atoms with Crippen LogP contribution < -0.4 is 5.32 Å². The Morgan fingerprint density at radius 2 is 1.97 bits per heavy atom. The summed E-state index contributed by atoms with van der Waals surface area (Å²) in [6, 6.07) is 8.51. The second-order valence-electron chi connectivity index (χ2n) is 7.09. The van der Waals surface area contributed by atoms with E-state index in [1.54, 1.807) is 47.0 Å². The second-order valence-corrected chi connectivity index (χ2v) is 7.93. The molecule has 2 aromatic carbocycles. The number of aromatic nitrogens is 1. The number of hydrogen-bond acceptors (Lipinski definition) is 2. The summed E-state index contributed by atoms with van der Waals surface area (Å²) < 4.78 is 15.5. The molecular weight excluding hydrogens is 416 g/mol. The third-order valence-electron chi connectivity index (χ3n) is 5.19. The summed E-state index contributed by atoms with van der Waals surface area (Å²) in [4.78, 5) is 27.6. The zero-order valence-electron chi connectivity index (χ0n) is 15.6. The molecule has 150 valence electrons. The van der Waals surface area contributed by atoms with E-state index in [2.05, 4.69) is 5.32 Å². The van der Waals surface area contributed by atoms with Crippen LogP contribution in [-0.4, -0.2) is 33.9 Å². The minimum absolute atomic E-state index is 0.291. The molecule has 1 N–H and O–H groups in total. The summed E-state index contributed by atoms with van der Waals surface area (Å²) in [7, 11) is 1.80. The number of nitrogens with zero attached hydrogens (tertiary/aromatic N) is 2. The maximum absolute atomic E-state index is 13.8. The monoisotopic (exact) mass is 433 g/mol. The molecule has 2 heterocycles. The number of amides is 2. The van der Waals surface area contributed by atoms with Crippen LogP contribution in [0.2, 0.25) is 10.0 Å². The second kappa shape index (κ2) is 7.69. The van der Waals surface area contributed by atoms with Gasteiger partial charge in [-0.1, -0.05) is 23.2 Å². The molecule has 3 aromatic rings. The predicted molar refractivity (Wildman–Crippen MR) is 112 cm³/mol. The number of fused-ring (bicyclic) bond motifs is 1. The van der Waals surface area contributed by atoms with E-state index in [-0.39, 0.29) is 11.8 Å². The highest BCUT2D eigenvalue weighted by Crippen LogP contribution is 2.29. The van der Waals surface area contributed by atoms with Crippen LogP contribution >= 0.6 is 23.2 Å². The number of nitrogens with one attached hydrogen (secondary N) is 1. The maximum Gasteiger partial charge on any atom is 0.256 e. The molecule has 1 aromatic heterocycles. The summed E-state index contributed by atoms with van der Waals surface area (Å²) in [6.07, 6.45) is 2.93. The molecule has 8 heteroatoms. The third kappa shape index (κ3) is 3.70. The van der Waals surface area contributed by atoms with Gasteiger partial charge in [0.2, 0.25) is 5.91 Å². The number of carbonyl (C=O) groups excluding carboxylic acids is 2. The van der Waals surface area contributed by atoms with Crippen LogP contribution in [0.25, 0.3) is 10.9 Å². The van der Waals surface area contributed by atoms with Crippen molar-refractivity contribution in [3.63, 3.8) is 0 Å². The topological polar surface area (TPSA) is 54.3 Å². The van der Waals surface area contributed by atoms with Crippen molar-refractivity contribution in [1.29, 1.82) is 0 Å². The van der Waals surface area contributed by atoms with Crippen LogP contribution in [0.5, 0.6) is 0 Å². The third-order valence-corrected chi connectivity index (χ3v) is 5.74. The molecule has 1 atom stereocenters. The van der Waals surface area contributed by atoms with Gasteiger partial charge < -0.3 is 14.8 Å². The Kier molecular flexibility index (Phi) is 5.23. The van der Waals surface area contributed by atoms with Crippen molar-refractivity contribution < 1.29 is 14.0 Å². The highest BCUT2D eigenvalue weighted by Gasteiger charge is 2.35. The van der Waals surface area contributed by atoms with Gasteiger partial charge in [0.25, 0.3) is 5.91 Å². The Labute approximate surface area is 177 Å². The van der Waals surface area contributed by atoms with Gasteiger partial charge in [0.1, 0.15) is 11.9 Å². The average molecular weight is 434 g/mol. The lowest BCUT2D eigenvalue weighted by atomic mass is 10.1. The van der Waals surface area contributed by atoms with E-state index in [0.717, 1.165) is 5.52 Å². The molecule has 0 saturated carbocycles. The first-order valence-corrected chi connectivity index (χ1v) is 9.92. The molecule has 1 fully saturated rings. The summed E-state index contributed by atoms with van der Waals surface area (Å²) in [6.45, 7) is 0.455. The van der Waals surface area contributed by atoms with E-state index < -0.39 is 11.9 Å². The van der Waals surface area contributed by atoms with Crippen molar-refractivity contribution in [3.05, 3.63) is 64.0 Å². The van der Waals surface area contributed by atoms with Crippen molar-refractivity contribution in [1.82, 2.24) is 9.47 Å². The van der Waals surface area contributed by atoms with Crippen LogP contribution in [0.3, 0.4) is 0 Å². The molecule has 1 saturated heterocycles. The van der Waals surface area contributed by atoms with Crippen LogP contribution in [0, 0.1) is 5.82 Å². The van der Waals surface area contributed by atoms with E-state index in [0.29, 0.717) is 46.1 Å². The van der Waals surface area contributed by atoms with Gasteiger partial charge in [-0.25, -0.2) is 4.39 Å². The Morgan fingerprint density at radius 3 is 2.72 bits per heavy atom. The van der Waals surface area contributed by atoms with Gasteiger partial charge >= 0.3 is 0 Å². The zero-order chi connectivity index (χ0) is 20.7. The van der Waals surface area contributed by atoms with Crippen LogP contribution in [0.1, 0.15) is 23.2 Å². The fraction of sp³-hybridized carbons (Fsp3) is 0.238. The fourth-order valence-corrected chi connectivity index (χ4v) is 4.23. The van der Waals surface area contributed by atoms with Crippen molar-refractivity contribution in [2.75, 3.05) is 11.9 Å². The SMILES string of the molecule is Cn1cc(C(=O)N2CCC[C@H]2C(=O)Nc2ccc(Cl)cc2Cl)c2cc(F)ccc21. The Morgan fingerprint density at radius 1 is 1.17 bits per heavy atom. The number of halogens is 3. The van der Waals surface area contributed by atoms with E-state index in [4.69, 9.17) is 23.2 Å². The van der Waals surface area contributed by atoms with Crippen molar-refractivity contribution in [3.8, 4) is 0 Å². The summed E-state index contributed by atoms with van der Waals surface area (Å²) in [5.74, 6) is -1.02. The van der Waals surface area contributed by atoms with Gasteiger partial charge in [0.15, 0.2) is 0 Å². The first-order valence-electron chi connectivity index (χ1n) is 9.16. The highest BCUT2D eigenvalue weighted by atomic mass is 35.5. The number of hydrogen-bond donors (Lipinski definition) is 1. The van der Waals surface area contributed by atoms with Crippen molar-refractivity contribution in [2.45, 2.75) is 18.9 Å². The molecule has 5 nitrogen and oxygen atoms in total. The molecule has 0 spiro atoms. The van der Waals surface area contributed by atoms with Crippen molar-refractivity contribution >= 4 is 51.6 Å². The van der Waals surface area contributed by atoms with E-state index in [1.165, 1.54) is 12.1 Å². The molecule has 0 aliphatic carbocycles. The van der Waals surface area contributed by atoms with Gasteiger partial charge in [-0.2, -0.15) is 0 Å². The van der Waals surface area contributed by atoms with Crippen LogP contribution in [-0.2, 0) is 11.8 Å². The van der Waals surface area contributed by atoms with Gasteiger partial charge in [-0.15, -0.1) is 0 Å². The molecule has 2 amide bonds. The molecule has 0 bridgehead atoms. The number of benzene rings is 2. The lowest BCUT2D eigenvalue weighted by Crippen LogP contribution is -2.43. The molecule has 1 aliphatic rings. The molecule has 29 heavy (non-hydrogen) atoms. The largest absolute Gasteiger partial charge is 0.350 e. The van der Waals surface area contributed by atoms with Gasteiger partial charge in [-0.3, -0.25) is 9.59 Å². The van der Waals surface area contributed by atoms with Gasteiger partial charge in [0.05, 0.1) is 16.3 Å². The lowest BCUT2D eigenvalue weighted by molar-refractivity contribution is -0.119. The fourth-order valence-electron chi connectivity index (χ4n) is 3.78. The van der Waals surface area contributed by atoms with Crippen LogP contribution in [0.4, 0.5) is 10.1 Å². The van der Waals surface area contributed by atoms with Gasteiger partial charge in [-0.05, 0) is 49.2 Å². The Bertz CT molecular complexity index is 1130. The molecule has 4 rings (SSSR count). The first kappa shape index (κ1) is 19.7. The minimum Gasteiger partial charge on any atom is -0.350 e. The number of carbonyl (C=O) groups is 2. The summed E-state index contributed by atoms with van der Waals surface area (Å²) >= 11 is 12.0. The van der Waals surface area contributed by atoms with Crippen LogP contribution in [0.15, 0.2) is 42.6 Å². The molecule has 1 aliphatic heterocycles. The summed E-state index contributed by atoms with van der Waals surface area (Å²) in [5.41, 5.74) is 1.57. The number of rotatable bonds is 3. The smallest absolute Gasteiger partial charge is 0.256 e. The summed E-state index contributed by atoms with van der Waals surface area (Å²) in [5, 5.41) is 4.10. The van der Waals surface area contributed by atoms with Crippen molar-refractivity contribution in [2.24, 2.45) is 7.05 Å². The van der Waals surface area contributed by atoms with E-state index in [9.17, 15) is 14.0 Å². The Balaban J connectivity index is 1.60. The van der Waals surface area contributed by atoms with E-state index in [1.807, 2.05) is 0 Å². The average Bonchev–Trinajstić information content (AvgIpc) is 3.28. The standard InChI is InChI=1S/C21H18Cl2FN3O2/c1-26-11-15(14-10-13(24)5-7-18(14)26)21(29)27-8-2-3-19(27)20(28)25-17-6-4-12(22)9-16(17)23/h4-7,9-11,19H,2-3,8H2,1H3,(H,25,28)/t19-/m0/s1. The number of aryl methyl sites for hydroxylation is 1. The maximum atomic E-state index is 13.8. The minimum atomic E-state index is -0.627. The molecule has 0 radical (unpaired) electrons. The van der Waals surface area contributed by atoms with E-state index >= 15 is 0 Å². The zero-order valence-corrected chi connectivity index (χ0v) is 17.1. The number of anilines is 1. The normalized spacial score (nSPS) is 16.4. The molecular formula is C21H18Cl2FN3O2.